The molecule has 1 saturated carbocycles. The molecule has 0 radical (unpaired) electrons. The third kappa shape index (κ3) is 3.94. The Bertz CT molecular complexity index is 1110. The zero-order chi connectivity index (χ0) is 21.4. The molecule has 6 heteroatoms. The van der Waals surface area contributed by atoms with Gasteiger partial charge in [-0.2, -0.15) is 5.10 Å². The van der Waals surface area contributed by atoms with Crippen LogP contribution in [0.3, 0.4) is 0 Å². The lowest BCUT2D eigenvalue weighted by molar-refractivity contribution is -0.125. The minimum Gasteiger partial charge on any atom is -0.353 e. The fraction of sp³-hybridized carbons (Fsp3) is 0.400. The van der Waals surface area contributed by atoms with Gasteiger partial charge in [0.2, 0.25) is 5.91 Å². The second kappa shape index (κ2) is 8.17. The number of aryl methyl sites for hydroxylation is 1. The molecule has 2 amide bonds. The van der Waals surface area contributed by atoms with Crippen molar-refractivity contribution < 1.29 is 9.59 Å². The lowest BCUT2D eigenvalue weighted by Crippen LogP contribution is -2.47. The summed E-state index contributed by atoms with van der Waals surface area (Å²) in [6.07, 6.45) is 8.80. The van der Waals surface area contributed by atoms with Gasteiger partial charge in [0.05, 0.1) is 17.3 Å². The summed E-state index contributed by atoms with van der Waals surface area (Å²) in [5.74, 6) is 0.0769. The zero-order valence-electron chi connectivity index (χ0n) is 17.8. The maximum absolute atomic E-state index is 13.0. The highest BCUT2D eigenvalue weighted by Crippen LogP contribution is 2.27. The highest BCUT2D eigenvalue weighted by atomic mass is 16.2. The molecular weight excluding hydrogens is 388 g/mol. The van der Waals surface area contributed by atoms with Crippen LogP contribution in [0.5, 0.6) is 0 Å². The Kier molecular flexibility index (Phi) is 5.22. The van der Waals surface area contributed by atoms with Crippen LogP contribution in [0.1, 0.15) is 52.7 Å². The molecule has 5 rings (SSSR count). The van der Waals surface area contributed by atoms with Crippen molar-refractivity contribution in [2.45, 2.75) is 57.5 Å². The third-order valence-electron chi connectivity index (χ3n) is 6.76. The molecule has 31 heavy (non-hydrogen) atoms. The van der Waals surface area contributed by atoms with Crippen molar-refractivity contribution >= 4 is 17.3 Å². The number of benzene rings is 1. The van der Waals surface area contributed by atoms with Gasteiger partial charge in [0.15, 0.2) is 0 Å². The largest absolute Gasteiger partial charge is 0.353 e. The van der Waals surface area contributed by atoms with Crippen LogP contribution in [0.2, 0.25) is 0 Å². The van der Waals surface area contributed by atoms with E-state index in [-0.39, 0.29) is 29.8 Å². The maximum Gasteiger partial charge on any atom is 0.255 e. The predicted octanol–water partition coefficient (Wildman–Crippen LogP) is 3.21. The number of carbonyl (C=O) groups is 2. The van der Waals surface area contributed by atoms with Gasteiger partial charge in [-0.05, 0) is 68.2 Å². The topological polar surface area (TPSA) is 75.5 Å². The van der Waals surface area contributed by atoms with Crippen LogP contribution in [0.4, 0.5) is 0 Å². The summed E-state index contributed by atoms with van der Waals surface area (Å²) in [6.45, 7) is 1.99. The van der Waals surface area contributed by atoms with Gasteiger partial charge < -0.3 is 10.6 Å². The average Bonchev–Trinajstić information content (AvgIpc) is 3.39. The highest BCUT2D eigenvalue weighted by molar-refractivity contribution is 6.01. The van der Waals surface area contributed by atoms with Crippen molar-refractivity contribution in [1.29, 1.82) is 0 Å². The number of fused-ring (bicyclic) bond motifs is 2. The first kappa shape index (κ1) is 19.8. The molecule has 160 valence electrons. The standard InChI is InChI=1S/C25H28N4O2/c1-16-6-5-11-29-23(16)22(15-26-29)25(31)28-21-10-4-9-20(14-21)27-24(30)19-12-17-7-2-3-8-18(17)13-19/h2-3,5-8,11,15,19-21H,4,9-10,12-14H2,1H3,(H,27,30)(H,28,31)/t20-,21-/m1/s1. The number of hydrogen-bond donors (Lipinski definition) is 2. The summed E-state index contributed by atoms with van der Waals surface area (Å²) >= 11 is 0. The van der Waals surface area contributed by atoms with E-state index in [9.17, 15) is 9.59 Å². The molecule has 2 aromatic heterocycles. The fourth-order valence-electron chi connectivity index (χ4n) is 5.16. The second-order valence-corrected chi connectivity index (χ2v) is 8.96. The molecule has 0 bridgehead atoms. The van der Waals surface area contributed by atoms with Gasteiger partial charge in [-0.15, -0.1) is 0 Å². The molecule has 2 atom stereocenters. The van der Waals surface area contributed by atoms with Gasteiger partial charge in [0, 0.05) is 24.2 Å². The smallest absolute Gasteiger partial charge is 0.255 e. The molecule has 2 N–H and O–H groups in total. The predicted molar refractivity (Wildman–Crippen MR) is 119 cm³/mol. The van der Waals surface area contributed by atoms with Gasteiger partial charge in [-0.25, -0.2) is 4.52 Å². The number of hydrogen-bond acceptors (Lipinski definition) is 3. The lowest BCUT2D eigenvalue weighted by Gasteiger charge is -2.31. The van der Waals surface area contributed by atoms with Crippen molar-refractivity contribution in [2.24, 2.45) is 5.92 Å². The molecule has 0 aliphatic heterocycles. The monoisotopic (exact) mass is 416 g/mol. The minimum absolute atomic E-state index is 0.0223. The quantitative estimate of drug-likeness (QED) is 0.686. The Morgan fingerprint density at radius 2 is 1.71 bits per heavy atom. The SMILES string of the molecule is Cc1cccn2ncc(C(=O)N[C@@H]3CCC[C@@H](NC(=O)C4Cc5ccccc5C4)C3)c12. The van der Waals surface area contributed by atoms with E-state index in [1.807, 2.05) is 37.4 Å². The number of nitrogens with zero attached hydrogens (tertiary/aromatic N) is 2. The summed E-state index contributed by atoms with van der Waals surface area (Å²) in [5.41, 5.74) is 5.06. The Morgan fingerprint density at radius 1 is 1.00 bits per heavy atom. The van der Waals surface area contributed by atoms with Gasteiger partial charge in [-0.3, -0.25) is 9.59 Å². The number of rotatable bonds is 4. The minimum atomic E-state index is -0.0903. The van der Waals surface area contributed by atoms with E-state index in [4.69, 9.17) is 0 Å². The van der Waals surface area contributed by atoms with Crippen LogP contribution >= 0.6 is 0 Å². The van der Waals surface area contributed by atoms with Crippen molar-refractivity contribution in [3.8, 4) is 0 Å². The molecule has 6 nitrogen and oxygen atoms in total. The number of carbonyl (C=O) groups excluding carboxylic acids is 2. The Balaban J connectivity index is 1.20. The first-order chi connectivity index (χ1) is 15.1. The van der Waals surface area contributed by atoms with Crippen molar-refractivity contribution in [3.05, 3.63) is 71.0 Å². The average molecular weight is 417 g/mol. The maximum atomic E-state index is 13.0. The van der Waals surface area contributed by atoms with Crippen molar-refractivity contribution in [1.82, 2.24) is 20.2 Å². The zero-order valence-corrected chi connectivity index (χ0v) is 17.8. The van der Waals surface area contributed by atoms with E-state index < -0.39 is 0 Å². The van der Waals surface area contributed by atoms with E-state index in [0.717, 1.165) is 49.6 Å². The molecule has 1 aromatic carbocycles. The van der Waals surface area contributed by atoms with Crippen LogP contribution in [0.15, 0.2) is 48.8 Å². The van der Waals surface area contributed by atoms with Gasteiger partial charge in [0.25, 0.3) is 5.91 Å². The molecular formula is C25H28N4O2. The van der Waals surface area contributed by atoms with Crippen LogP contribution in [0, 0.1) is 12.8 Å². The summed E-state index contributed by atoms with van der Waals surface area (Å²) in [6, 6.07) is 12.4. The summed E-state index contributed by atoms with van der Waals surface area (Å²) in [7, 11) is 0. The Morgan fingerprint density at radius 3 is 2.45 bits per heavy atom. The number of pyridine rings is 1. The lowest BCUT2D eigenvalue weighted by atomic mass is 9.90. The Hall–Kier alpha value is -3.15. The first-order valence-electron chi connectivity index (χ1n) is 11.2. The van der Waals surface area contributed by atoms with Crippen molar-refractivity contribution in [3.63, 3.8) is 0 Å². The first-order valence-corrected chi connectivity index (χ1v) is 11.2. The number of amides is 2. The van der Waals surface area contributed by atoms with E-state index >= 15 is 0 Å². The normalized spacial score (nSPS) is 21.1. The van der Waals surface area contributed by atoms with E-state index in [1.54, 1.807) is 10.7 Å². The van der Waals surface area contributed by atoms with Crippen LogP contribution in [-0.2, 0) is 17.6 Å². The molecule has 3 aromatic rings. The molecule has 2 aliphatic rings. The third-order valence-corrected chi connectivity index (χ3v) is 6.76. The summed E-state index contributed by atoms with van der Waals surface area (Å²) in [5, 5.41) is 10.8. The highest BCUT2D eigenvalue weighted by Gasteiger charge is 2.31. The molecule has 0 spiro atoms. The summed E-state index contributed by atoms with van der Waals surface area (Å²) in [4.78, 5) is 25.8. The summed E-state index contributed by atoms with van der Waals surface area (Å²) < 4.78 is 1.74. The second-order valence-electron chi connectivity index (χ2n) is 8.96. The molecule has 1 fully saturated rings. The van der Waals surface area contributed by atoms with Crippen LogP contribution in [-0.4, -0.2) is 33.5 Å². The molecule has 2 aliphatic carbocycles. The van der Waals surface area contributed by atoms with Gasteiger partial charge >= 0.3 is 0 Å². The molecule has 0 saturated heterocycles. The number of aromatic nitrogens is 2. The van der Waals surface area contributed by atoms with Crippen molar-refractivity contribution in [2.75, 3.05) is 0 Å². The molecule has 2 heterocycles. The van der Waals surface area contributed by atoms with Crippen LogP contribution < -0.4 is 10.6 Å². The fourth-order valence-corrected chi connectivity index (χ4v) is 5.16. The van der Waals surface area contributed by atoms with Crippen LogP contribution in [0.25, 0.3) is 5.52 Å². The number of nitrogens with one attached hydrogen (secondary N) is 2. The van der Waals surface area contributed by atoms with E-state index in [1.165, 1.54) is 11.1 Å². The van der Waals surface area contributed by atoms with E-state index in [0.29, 0.717) is 5.56 Å². The molecule has 0 unspecified atom stereocenters. The van der Waals surface area contributed by atoms with E-state index in [2.05, 4.69) is 27.9 Å². The van der Waals surface area contributed by atoms with Gasteiger partial charge in [-0.1, -0.05) is 30.3 Å². The Labute approximate surface area is 182 Å². The van der Waals surface area contributed by atoms with Gasteiger partial charge in [0.1, 0.15) is 0 Å².